The number of rotatable bonds is 9. The second-order valence-electron chi connectivity index (χ2n) is 4.27. The maximum atomic E-state index is 11.5. The number of nitrogens with one attached hydrogen (secondary N) is 1. The minimum Gasteiger partial charge on any atom is -0.348 e. The summed E-state index contributed by atoms with van der Waals surface area (Å²) < 4.78 is 0. The zero-order valence-electron chi connectivity index (χ0n) is 10.2. The van der Waals surface area contributed by atoms with Gasteiger partial charge in [-0.05, 0) is 6.42 Å². The molecular formula is C13H22N2O. The fourth-order valence-corrected chi connectivity index (χ4v) is 1.77. The number of aromatic nitrogens is 2. The molecule has 0 spiro atoms. The highest BCUT2D eigenvalue weighted by Gasteiger charge is 2.04. The number of imidazole rings is 1. The Morgan fingerprint density at radius 3 is 2.69 bits per heavy atom. The zero-order chi connectivity index (χ0) is 11.6. The largest absolute Gasteiger partial charge is 0.348 e. The van der Waals surface area contributed by atoms with Crippen LogP contribution in [-0.2, 0) is 11.2 Å². The molecule has 1 N–H and O–H groups in total. The lowest BCUT2D eigenvalue weighted by atomic mass is 10.1. The Morgan fingerprint density at radius 1 is 1.25 bits per heavy atom. The molecule has 0 amide bonds. The van der Waals surface area contributed by atoms with Crippen molar-refractivity contribution in [3.63, 3.8) is 0 Å². The summed E-state index contributed by atoms with van der Waals surface area (Å²) in [6, 6.07) is 0. The third kappa shape index (κ3) is 5.69. The van der Waals surface area contributed by atoms with Gasteiger partial charge in [-0.15, -0.1) is 0 Å². The van der Waals surface area contributed by atoms with Crippen LogP contribution in [0.4, 0.5) is 0 Å². The van der Waals surface area contributed by atoms with Crippen LogP contribution in [0.1, 0.15) is 57.7 Å². The van der Waals surface area contributed by atoms with Crippen molar-refractivity contribution < 1.29 is 4.79 Å². The van der Waals surface area contributed by atoms with Gasteiger partial charge in [0.25, 0.3) is 0 Å². The van der Waals surface area contributed by atoms with Gasteiger partial charge in [0.1, 0.15) is 11.6 Å². The quantitative estimate of drug-likeness (QED) is 0.652. The molecule has 1 aromatic heterocycles. The number of hydrogen-bond donors (Lipinski definition) is 1. The average molecular weight is 222 g/mol. The van der Waals surface area contributed by atoms with Gasteiger partial charge < -0.3 is 4.98 Å². The van der Waals surface area contributed by atoms with Crippen molar-refractivity contribution in [3.05, 3.63) is 18.2 Å². The average Bonchev–Trinajstić information content (AvgIpc) is 2.76. The molecule has 1 aromatic rings. The van der Waals surface area contributed by atoms with Crippen molar-refractivity contribution >= 4 is 5.78 Å². The van der Waals surface area contributed by atoms with Crippen LogP contribution in [0.3, 0.4) is 0 Å². The molecule has 1 rings (SSSR count). The molecule has 0 aliphatic rings. The maximum absolute atomic E-state index is 11.5. The fourth-order valence-electron chi connectivity index (χ4n) is 1.77. The fraction of sp³-hybridized carbons (Fsp3) is 0.692. The molecule has 1 heterocycles. The van der Waals surface area contributed by atoms with E-state index in [0.29, 0.717) is 18.6 Å². The van der Waals surface area contributed by atoms with Gasteiger partial charge in [-0.2, -0.15) is 0 Å². The van der Waals surface area contributed by atoms with Gasteiger partial charge in [0, 0.05) is 18.8 Å². The van der Waals surface area contributed by atoms with E-state index in [1.165, 1.54) is 32.1 Å². The van der Waals surface area contributed by atoms with Gasteiger partial charge in [-0.1, -0.05) is 39.0 Å². The number of H-pyrrole nitrogens is 1. The van der Waals surface area contributed by atoms with Crippen molar-refractivity contribution in [2.75, 3.05) is 0 Å². The molecule has 0 aromatic carbocycles. The molecule has 3 nitrogen and oxygen atoms in total. The lowest BCUT2D eigenvalue weighted by molar-refractivity contribution is -0.118. The van der Waals surface area contributed by atoms with Crippen LogP contribution in [0.25, 0.3) is 0 Å². The lowest BCUT2D eigenvalue weighted by Gasteiger charge is -2.00. The second-order valence-corrected chi connectivity index (χ2v) is 4.27. The molecule has 0 unspecified atom stereocenters. The highest BCUT2D eigenvalue weighted by Crippen LogP contribution is 2.08. The monoisotopic (exact) mass is 222 g/mol. The van der Waals surface area contributed by atoms with Crippen LogP contribution < -0.4 is 0 Å². The molecule has 0 saturated carbocycles. The van der Waals surface area contributed by atoms with Crippen LogP contribution in [0.2, 0.25) is 0 Å². The summed E-state index contributed by atoms with van der Waals surface area (Å²) in [5.41, 5.74) is 0. The predicted molar refractivity (Wildman–Crippen MR) is 65.3 cm³/mol. The number of ketones is 1. The molecule has 0 radical (unpaired) electrons. The molecule has 0 bridgehead atoms. The normalized spacial score (nSPS) is 10.6. The van der Waals surface area contributed by atoms with Gasteiger partial charge >= 0.3 is 0 Å². The van der Waals surface area contributed by atoms with Crippen molar-refractivity contribution in [2.24, 2.45) is 0 Å². The third-order valence-corrected chi connectivity index (χ3v) is 2.73. The molecule has 0 aliphatic heterocycles. The minimum atomic E-state index is 0.297. The van der Waals surface area contributed by atoms with Crippen molar-refractivity contribution in [1.82, 2.24) is 9.97 Å². The van der Waals surface area contributed by atoms with E-state index in [1.54, 1.807) is 12.4 Å². The van der Waals surface area contributed by atoms with Gasteiger partial charge in [0.2, 0.25) is 0 Å². The topological polar surface area (TPSA) is 45.8 Å². The molecule has 90 valence electrons. The van der Waals surface area contributed by atoms with Gasteiger partial charge in [-0.25, -0.2) is 4.98 Å². The minimum absolute atomic E-state index is 0.297. The van der Waals surface area contributed by atoms with E-state index >= 15 is 0 Å². The highest BCUT2D eigenvalue weighted by atomic mass is 16.1. The number of carbonyl (C=O) groups is 1. The van der Waals surface area contributed by atoms with E-state index in [2.05, 4.69) is 16.9 Å². The smallest absolute Gasteiger partial charge is 0.140 e. The highest BCUT2D eigenvalue weighted by molar-refractivity contribution is 5.79. The van der Waals surface area contributed by atoms with E-state index < -0.39 is 0 Å². The van der Waals surface area contributed by atoms with Crippen molar-refractivity contribution in [2.45, 2.75) is 58.3 Å². The summed E-state index contributed by atoms with van der Waals surface area (Å²) in [6.07, 6.45) is 12.0. The van der Waals surface area contributed by atoms with Crippen LogP contribution in [0, 0.1) is 0 Å². The Kier molecular flexibility index (Phi) is 6.54. The predicted octanol–water partition coefficient (Wildman–Crippen LogP) is 3.27. The van der Waals surface area contributed by atoms with Crippen LogP contribution >= 0.6 is 0 Å². The van der Waals surface area contributed by atoms with Crippen LogP contribution in [0.15, 0.2) is 12.4 Å². The first-order valence-corrected chi connectivity index (χ1v) is 6.33. The zero-order valence-corrected chi connectivity index (χ0v) is 10.2. The molecule has 0 saturated heterocycles. The lowest BCUT2D eigenvalue weighted by Crippen LogP contribution is -2.03. The Labute approximate surface area is 97.7 Å². The van der Waals surface area contributed by atoms with Gasteiger partial charge in [0.05, 0.1) is 6.42 Å². The Bertz CT molecular complexity index is 280. The molecule has 3 heteroatoms. The first-order chi connectivity index (χ1) is 7.83. The summed E-state index contributed by atoms with van der Waals surface area (Å²) in [7, 11) is 0. The van der Waals surface area contributed by atoms with E-state index in [1.807, 2.05) is 0 Å². The number of aromatic amines is 1. The summed E-state index contributed by atoms with van der Waals surface area (Å²) in [5, 5.41) is 0. The number of carbonyl (C=O) groups excluding carboxylic acids is 1. The van der Waals surface area contributed by atoms with E-state index in [4.69, 9.17) is 0 Å². The summed E-state index contributed by atoms with van der Waals surface area (Å²) in [6.45, 7) is 2.22. The number of Topliss-reactive ketones (excluding diaryl/α,β-unsaturated/α-hetero) is 1. The van der Waals surface area contributed by atoms with Crippen molar-refractivity contribution in [1.29, 1.82) is 0 Å². The molecule has 0 aliphatic carbocycles. The van der Waals surface area contributed by atoms with E-state index in [0.717, 1.165) is 12.2 Å². The van der Waals surface area contributed by atoms with Crippen molar-refractivity contribution in [3.8, 4) is 0 Å². The second kappa shape index (κ2) is 8.08. The van der Waals surface area contributed by atoms with Gasteiger partial charge in [-0.3, -0.25) is 4.79 Å². The Hall–Kier alpha value is -1.12. The Morgan fingerprint density at radius 2 is 2.00 bits per heavy atom. The van der Waals surface area contributed by atoms with Gasteiger partial charge in [0.15, 0.2) is 0 Å². The first-order valence-electron chi connectivity index (χ1n) is 6.33. The number of nitrogens with zero attached hydrogens (tertiary/aromatic N) is 1. The Balaban J connectivity index is 1.98. The molecular weight excluding hydrogens is 200 g/mol. The first kappa shape index (κ1) is 12.9. The molecule has 0 fully saturated rings. The number of unbranched alkanes of at least 4 members (excludes halogenated alkanes) is 5. The third-order valence-electron chi connectivity index (χ3n) is 2.73. The van der Waals surface area contributed by atoms with Crippen LogP contribution in [0.5, 0.6) is 0 Å². The summed E-state index contributed by atoms with van der Waals surface area (Å²) in [4.78, 5) is 18.5. The van der Waals surface area contributed by atoms with E-state index in [9.17, 15) is 4.79 Å². The van der Waals surface area contributed by atoms with E-state index in [-0.39, 0.29) is 0 Å². The molecule has 16 heavy (non-hydrogen) atoms. The maximum Gasteiger partial charge on any atom is 0.140 e. The number of hydrogen-bond acceptors (Lipinski definition) is 2. The SMILES string of the molecule is CCCCCCCCC(=O)Cc1ncc[nH]1. The van der Waals surface area contributed by atoms with Crippen LogP contribution in [-0.4, -0.2) is 15.8 Å². The summed E-state index contributed by atoms with van der Waals surface area (Å²) >= 11 is 0. The summed E-state index contributed by atoms with van der Waals surface area (Å²) in [5.74, 6) is 1.08. The molecule has 0 atom stereocenters. The standard InChI is InChI=1S/C13H22N2O/c1-2-3-4-5-6-7-8-12(16)11-13-14-9-10-15-13/h9-10H,2-8,11H2,1H3,(H,14,15).